The van der Waals surface area contributed by atoms with Crippen LogP contribution in [0.25, 0.3) is 0 Å². The Bertz CT molecular complexity index is 454. The number of sulfonamides is 1. The average molecular weight is 303 g/mol. The molecule has 2 rings (SSSR count). The van der Waals surface area contributed by atoms with E-state index in [9.17, 15) is 13.2 Å². The fourth-order valence-electron chi connectivity index (χ4n) is 3.14. The maximum atomic E-state index is 12.7. The first-order valence-corrected chi connectivity index (χ1v) is 9.23. The molecule has 20 heavy (non-hydrogen) atoms. The summed E-state index contributed by atoms with van der Waals surface area (Å²) >= 11 is 0. The molecule has 1 aliphatic heterocycles. The van der Waals surface area contributed by atoms with Crippen molar-refractivity contribution in [3.05, 3.63) is 0 Å². The van der Waals surface area contributed by atoms with Crippen molar-refractivity contribution in [1.29, 1.82) is 0 Å². The van der Waals surface area contributed by atoms with Crippen LogP contribution in [0.2, 0.25) is 0 Å². The van der Waals surface area contributed by atoms with Gasteiger partial charge in [0.15, 0.2) is 0 Å². The standard InChI is InChI=1S/C13H25N3O3S/c1-20(18,19)15-9-11-5-2-3-8-16(11)12(17)13(10-14)6-4-7-13/h11,15H,2-10,14H2,1H3. The highest BCUT2D eigenvalue weighted by atomic mass is 32.2. The molecule has 1 amide bonds. The number of nitrogens with zero attached hydrogens (tertiary/aromatic N) is 1. The van der Waals surface area contributed by atoms with Crippen molar-refractivity contribution in [2.75, 3.05) is 25.9 Å². The first-order chi connectivity index (χ1) is 9.38. The maximum Gasteiger partial charge on any atom is 0.230 e. The van der Waals surface area contributed by atoms with E-state index >= 15 is 0 Å². The summed E-state index contributed by atoms with van der Waals surface area (Å²) in [4.78, 5) is 14.6. The summed E-state index contributed by atoms with van der Waals surface area (Å²) in [5.74, 6) is 0.131. The van der Waals surface area contributed by atoms with Gasteiger partial charge in [-0.25, -0.2) is 13.1 Å². The predicted octanol–water partition coefficient (Wildman–Crippen LogP) is 0.0457. The Morgan fingerprint density at radius 1 is 1.35 bits per heavy atom. The summed E-state index contributed by atoms with van der Waals surface area (Å²) in [5, 5.41) is 0. The van der Waals surface area contributed by atoms with E-state index in [2.05, 4.69) is 4.72 Å². The Morgan fingerprint density at radius 2 is 2.05 bits per heavy atom. The Labute approximate surface area is 121 Å². The third-order valence-electron chi connectivity index (χ3n) is 4.62. The van der Waals surface area contributed by atoms with Gasteiger partial charge in [-0.15, -0.1) is 0 Å². The van der Waals surface area contributed by atoms with Crippen LogP contribution in [-0.2, 0) is 14.8 Å². The molecule has 1 saturated carbocycles. The van der Waals surface area contributed by atoms with Gasteiger partial charge in [0.05, 0.1) is 11.7 Å². The van der Waals surface area contributed by atoms with Gasteiger partial charge in [-0.1, -0.05) is 6.42 Å². The number of hydrogen-bond acceptors (Lipinski definition) is 4. The van der Waals surface area contributed by atoms with Crippen LogP contribution in [0.1, 0.15) is 38.5 Å². The molecule has 0 radical (unpaired) electrons. The summed E-state index contributed by atoms with van der Waals surface area (Å²) in [6, 6.07) is -0.0324. The van der Waals surface area contributed by atoms with Crippen LogP contribution in [0.4, 0.5) is 0 Å². The number of amides is 1. The van der Waals surface area contributed by atoms with E-state index in [1.807, 2.05) is 4.90 Å². The average Bonchev–Trinajstić information content (AvgIpc) is 2.35. The highest BCUT2D eigenvalue weighted by Gasteiger charge is 2.46. The number of hydrogen-bond donors (Lipinski definition) is 2. The normalized spacial score (nSPS) is 26.1. The number of nitrogens with one attached hydrogen (secondary N) is 1. The number of rotatable bonds is 5. The van der Waals surface area contributed by atoms with Gasteiger partial charge in [-0.05, 0) is 32.1 Å². The summed E-state index contributed by atoms with van der Waals surface area (Å²) in [6.45, 7) is 1.43. The zero-order valence-electron chi connectivity index (χ0n) is 12.1. The fraction of sp³-hybridized carbons (Fsp3) is 0.923. The maximum absolute atomic E-state index is 12.7. The SMILES string of the molecule is CS(=O)(=O)NCC1CCCCN1C(=O)C1(CN)CCC1. The van der Waals surface area contributed by atoms with Crippen LogP contribution in [-0.4, -0.2) is 51.2 Å². The Balaban J connectivity index is 2.04. The first-order valence-electron chi connectivity index (χ1n) is 7.34. The van der Waals surface area contributed by atoms with E-state index in [0.29, 0.717) is 13.1 Å². The summed E-state index contributed by atoms with van der Waals surface area (Å²) in [7, 11) is -3.22. The minimum atomic E-state index is -3.22. The summed E-state index contributed by atoms with van der Waals surface area (Å²) in [5.41, 5.74) is 5.43. The molecular formula is C13H25N3O3S. The second kappa shape index (κ2) is 5.99. The molecule has 116 valence electrons. The smallest absolute Gasteiger partial charge is 0.230 e. The van der Waals surface area contributed by atoms with Gasteiger partial charge < -0.3 is 10.6 Å². The molecule has 6 nitrogen and oxygen atoms in total. The van der Waals surface area contributed by atoms with E-state index in [-0.39, 0.29) is 17.4 Å². The van der Waals surface area contributed by atoms with Gasteiger partial charge in [0, 0.05) is 25.7 Å². The van der Waals surface area contributed by atoms with Crippen molar-refractivity contribution in [2.45, 2.75) is 44.6 Å². The Hall–Kier alpha value is -0.660. The fourth-order valence-corrected chi connectivity index (χ4v) is 3.64. The van der Waals surface area contributed by atoms with E-state index in [1.54, 1.807) is 0 Å². The number of likely N-dealkylation sites (tertiary alicyclic amines) is 1. The minimum absolute atomic E-state index is 0.0324. The van der Waals surface area contributed by atoms with Crippen LogP contribution < -0.4 is 10.5 Å². The monoisotopic (exact) mass is 303 g/mol. The summed E-state index contributed by atoms with van der Waals surface area (Å²) < 4.78 is 25.0. The molecule has 3 N–H and O–H groups in total. The molecule has 2 fully saturated rings. The van der Waals surface area contributed by atoms with Crippen molar-refractivity contribution in [2.24, 2.45) is 11.1 Å². The molecule has 1 heterocycles. The lowest BCUT2D eigenvalue weighted by Gasteiger charge is -2.46. The molecule has 0 spiro atoms. The van der Waals surface area contributed by atoms with Crippen molar-refractivity contribution in [1.82, 2.24) is 9.62 Å². The van der Waals surface area contributed by atoms with Crippen LogP contribution in [0, 0.1) is 5.41 Å². The van der Waals surface area contributed by atoms with Gasteiger partial charge in [0.1, 0.15) is 0 Å². The minimum Gasteiger partial charge on any atom is -0.338 e. The highest BCUT2D eigenvalue weighted by Crippen LogP contribution is 2.42. The van der Waals surface area contributed by atoms with E-state index in [4.69, 9.17) is 5.73 Å². The second-order valence-corrected chi connectivity index (χ2v) is 7.94. The van der Waals surface area contributed by atoms with Gasteiger partial charge in [0.25, 0.3) is 0 Å². The van der Waals surface area contributed by atoms with Crippen molar-refractivity contribution >= 4 is 15.9 Å². The van der Waals surface area contributed by atoms with E-state index < -0.39 is 10.0 Å². The largest absolute Gasteiger partial charge is 0.338 e. The molecule has 1 atom stereocenters. The van der Waals surface area contributed by atoms with Crippen molar-refractivity contribution in [3.63, 3.8) is 0 Å². The molecule has 7 heteroatoms. The third-order valence-corrected chi connectivity index (χ3v) is 5.32. The van der Waals surface area contributed by atoms with Crippen LogP contribution in [0.3, 0.4) is 0 Å². The van der Waals surface area contributed by atoms with Crippen molar-refractivity contribution < 1.29 is 13.2 Å². The molecule has 1 aliphatic carbocycles. The van der Waals surface area contributed by atoms with Gasteiger partial charge in [-0.3, -0.25) is 4.79 Å². The molecule has 1 unspecified atom stereocenters. The third kappa shape index (κ3) is 3.32. The van der Waals surface area contributed by atoms with Gasteiger partial charge in [0.2, 0.25) is 15.9 Å². The second-order valence-electron chi connectivity index (χ2n) is 6.11. The Morgan fingerprint density at radius 3 is 2.55 bits per heavy atom. The quantitative estimate of drug-likeness (QED) is 0.750. The van der Waals surface area contributed by atoms with Gasteiger partial charge in [-0.2, -0.15) is 0 Å². The van der Waals surface area contributed by atoms with Crippen LogP contribution in [0.15, 0.2) is 0 Å². The molecule has 0 aromatic carbocycles. The number of carbonyl (C=O) groups excluding carboxylic acids is 1. The van der Waals surface area contributed by atoms with Crippen LogP contribution in [0.5, 0.6) is 0 Å². The predicted molar refractivity (Wildman–Crippen MR) is 77.5 cm³/mol. The molecule has 0 aromatic rings. The van der Waals surface area contributed by atoms with Gasteiger partial charge >= 0.3 is 0 Å². The zero-order chi connectivity index (χ0) is 14.8. The Kier molecular flexibility index (Phi) is 4.71. The molecule has 2 aliphatic rings. The van der Waals surface area contributed by atoms with Crippen molar-refractivity contribution in [3.8, 4) is 0 Å². The lowest BCUT2D eigenvalue weighted by molar-refractivity contribution is -0.150. The number of carbonyl (C=O) groups is 1. The number of nitrogens with two attached hydrogens (primary N) is 1. The van der Waals surface area contributed by atoms with E-state index in [1.165, 1.54) is 0 Å². The molecular weight excluding hydrogens is 278 g/mol. The number of piperidine rings is 1. The molecule has 1 saturated heterocycles. The molecule has 0 aromatic heterocycles. The highest BCUT2D eigenvalue weighted by molar-refractivity contribution is 7.88. The van der Waals surface area contributed by atoms with Crippen LogP contribution >= 0.6 is 0 Å². The lowest BCUT2D eigenvalue weighted by Crippen LogP contribution is -2.58. The lowest BCUT2D eigenvalue weighted by atomic mass is 9.67. The molecule has 0 bridgehead atoms. The summed E-state index contributed by atoms with van der Waals surface area (Å²) in [6.07, 6.45) is 6.82. The zero-order valence-corrected chi connectivity index (χ0v) is 12.9. The topological polar surface area (TPSA) is 92.5 Å². The first kappa shape index (κ1) is 15.7. The van der Waals surface area contributed by atoms with E-state index in [0.717, 1.165) is 51.3 Å².